The minimum Gasteiger partial charge on any atom is -0.485 e. The van der Waals surface area contributed by atoms with Crippen LogP contribution in [0.2, 0.25) is 0 Å². The molecule has 0 aromatic heterocycles. The maximum absolute atomic E-state index is 13.0. The van der Waals surface area contributed by atoms with Crippen molar-refractivity contribution in [1.29, 1.82) is 0 Å². The first kappa shape index (κ1) is 19.7. The van der Waals surface area contributed by atoms with Gasteiger partial charge in [0.2, 0.25) is 16.1 Å². The minimum absolute atomic E-state index is 0.150. The normalized spacial score (nSPS) is 19.8. The first-order chi connectivity index (χ1) is 13.9. The first-order valence-corrected chi connectivity index (χ1v) is 11.0. The van der Waals surface area contributed by atoms with Crippen LogP contribution in [0.3, 0.4) is 0 Å². The summed E-state index contributed by atoms with van der Waals surface area (Å²) >= 11 is 0. The summed E-state index contributed by atoms with van der Waals surface area (Å²) in [6.45, 7) is 5.05. The number of piperazine rings is 1. The number of para-hydroxylation sites is 2. The van der Waals surface area contributed by atoms with E-state index in [1.165, 1.54) is 4.31 Å². The van der Waals surface area contributed by atoms with Gasteiger partial charge in [0.1, 0.15) is 6.61 Å². The van der Waals surface area contributed by atoms with Crippen molar-refractivity contribution in [1.82, 2.24) is 9.21 Å². The molecule has 7 nitrogen and oxygen atoms in total. The Morgan fingerprint density at radius 1 is 1.00 bits per heavy atom. The van der Waals surface area contributed by atoms with Crippen molar-refractivity contribution in [3.8, 4) is 11.5 Å². The molecule has 2 aromatic carbocycles. The summed E-state index contributed by atoms with van der Waals surface area (Å²) in [4.78, 5) is 14.8. The first-order valence-electron chi connectivity index (χ1n) is 9.61. The zero-order valence-electron chi connectivity index (χ0n) is 16.5. The zero-order valence-corrected chi connectivity index (χ0v) is 17.3. The topological polar surface area (TPSA) is 76.2 Å². The van der Waals surface area contributed by atoms with Crippen molar-refractivity contribution in [2.45, 2.75) is 24.8 Å². The quantitative estimate of drug-likeness (QED) is 0.765. The van der Waals surface area contributed by atoms with E-state index < -0.39 is 16.1 Å². The largest absolute Gasteiger partial charge is 0.485 e. The molecule has 0 unspecified atom stereocenters. The lowest BCUT2D eigenvalue weighted by Gasteiger charge is -2.36. The number of benzene rings is 2. The van der Waals surface area contributed by atoms with Gasteiger partial charge >= 0.3 is 0 Å². The minimum atomic E-state index is -3.58. The van der Waals surface area contributed by atoms with E-state index in [0.29, 0.717) is 29.5 Å². The number of carbonyl (C=O) groups is 1. The second-order valence-electron chi connectivity index (χ2n) is 7.36. The molecule has 0 saturated carbocycles. The highest BCUT2D eigenvalue weighted by atomic mass is 32.2. The number of nitrogens with zero attached hydrogens (tertiary/aromatic N) is 2. The van der Waals surface area contributed by atoms with Gasteiger partial charge in [-0.15, -0.1) is 0 Å². The highest BCUT2D eigenvalue weighted by Crippen LogP contribution is 2.31. The number of aryl methyl sites for hydroxylation is 2. The number of rotatable bonds is 3. The molecule has 8 heteroatoms. The Morgan fingerprint density at radius 3 is 2.38 bits per heavy atom. The summed E-state index contributed by atoms with van der Waals surface area (Å²) in [6, 6.07) is 12.6. The van der Waals surface area contributed by atoms with Crippen molar-refractivity contribution in [3.05, 3.63) is 53.6 Å². The Labute approximate surface area is 170 Å². The van der Waals surface area contributed by atoms with Gasteiger partial charge in [0.15, 0.2) is 11.5 Å². The molecule has 154 valence electrons. The summed E-state index contributed by atoms with van der Waals surface area (Å²) in [5.41, 5.74) is 1.75. The third-order valence-corrected chi connectivity index (χ3v) is 7.34. The number of ether oxygens (including phenoxy) is 2. The van der Waals surface area contributed by atoms with Crippen LogP contribution in [-0.2, 0) is 14.8 Å². The molecule has 1 atom stereocenters. The van der Waals surface area contributed by atoms with E-state index in [4.69, 9.17) is 9.47 Å². The Bertz CT molecular complexity index is 1030. The van der Waals surface area contributed by atoms with Crippen LogP contribution in [0.5, 0.6) is 11.5 Å². The molecule has 1 saturated heterocycles. The summed E-state index contributed by atoms with van der Waals surface area (Å²) in [5, 5.41) is 0. The molecule has 1 fully saturated rings. The van der Waals surface area contributed by atoms with E-state index in [9.17, 15) is 13.2 Å². The maximum atomic E-state index is 13.0. The predicted octanol–water partition coefficient (Wildman–Crippen LogP) is 1.98. The summed E-state index contributed by atoms with van der Waals surface area (Å²) in [7, 11) is -3.58. The van der Waals surface area contributed by atoms with Crippen LogP contribution in [0.15, 0.2) is 47.4 Å². The summed E-state index contributed by atoms with van der Waals surface area (Å²) in [6.07, 6.45) is -0.715. The highest BCUT2D eigenvalue weighted by Gasteiger charge is 2.35. The van der Waals surface area contributed by atoms with E-state index in [1.54, 1.807) is 36.1 Å². The van der Waals surface area contributed by atoms with Crippen LogP contribution in [0.4, 0.5) is 0 Å². The fourth-order valence-electron chi connectivity index (χ4n) is 3.72. The number of fused-ring (bicyclic) bond motifs is 1. The number of carbonyl (C=O) groups excluding carboxylic acids is 1. The van der Waals surface area contributed by atoms with Gasteiger partial charge in [0, 0.05) is 26.2 Å². The number of sulfonamides is 1. The van der Waals surface area contributed by atoms with Crippen LogP contribution in [0.25, 0.3) is 0 Å². The van der Waals surface area contributed by atoms with Gasteiger partial charge in [-0.3, -0.25) is 4.79 Å². The van der Waals surface area contributed by atoms with Crippen LogP contribution in [0, 0.1) is 13.8 Å². The lowest BCUT2D eigenvalue weighted by Crippen LogP contribution is -2.55. The molecule has 1 amide bonds. The van der Waals surface area contributed by atoms with Gasteiger partial charge in [-0.1, -0.05) is 29.8 Å². The molecule has 29 heavy (non-hydrogen) atoms. The van der Waals surface area contributed by atoms with E-state index in [2.05, 4.69) is 0 Å². The standard InChI is InChI=1S/C21H24N2O5S/c1-15-7-8-20(16(2)13-15)29(25,26)23-11-9-22(10-12-23)21(24)19-14-27-17-5-3-4-6-18(17)28-19/h3-8,13,19H,9-12,14H2,1-2H3/t19-/m1/s1. The smallest absolute Gasteiger partial charge is 0.267 e. The molecule has 2 heterocycles. The van der Waals surface area contributed by atoms with Gasteiger partial charge in [-0.05, 0) is 37.6 Å². The van der Waals surface area contributed by atoms with E-state index >= 15 is 0 Å². The molecular formula is C21H24N2O5S. The fraction of sp³-hybridized carbons (Fsp3) is 0.381. The molecule has 2 aliphatic rings. The fourth-order valence-corrected chi connectivity index (χ4v) is 5.35. The summed E-state index contributed by atoms with van der Waals surface area (Å²) < 4.78 is 38.9. The van der Waals surface area contributed by atoms with Gasteiger partial charge < -0.3 is 14.4 Å². The zero-order chi connectivity index (χ0) is 20.6. The Kier molecular flexibility index (Phi) is 5.23. The predicted molar refractivity (Wildman–Crippen MR) is 108 cm³/mol. The molecule has 4 rings (SSSR count). The van der Waals surface area contributed by atoms with Crippen molar-refractivity contribution in [2.24, 2.45) is 0 Å². The highest BCUT2D eigenvalue weighted by molar-refractivity contribution is 7.89. The molecule has 0 radical (unpaired) electrons. The molecule has 0 bridgehead atoms. The lowest BCUT2D eigenvalue weighted by atomic mass is 10.2. The molecule has 0 spiro atoms. The van der Waals surface area contributed by atoms with Crippen molar-refractivity contribution in [3.63, 3.8) is 0 Å². The van der Waals surface area contributed by atoms with Gasteiger partial charge in [0.05, 0.1) is 4.90 Å². The second-order valence-corrected chi connectivity index (χ2v) is 9.27. The SMILES string of the molecule is Cc1ccc(S(=O)(=O)N2CCN(C(=O)[C@H]3COc4ccccc4O3)CC2)c(C)c1. The van der Waals surface area contributed by atoms with E-state index in [1.807, 2.05) is 25.1 Å². The Balaban J connectivity index is 1.41. The molecule has 2 aliphatic heterocycles. The molecule has 0 aliphatic carbocycles. The molecule has 2 aromatic rings. The van der Waals surface area contributed by atoms with Crippen LogP contribution in [0.1, 0.15) is 11.1 Å². The molecular weight excluding hydrogens is 392 g/mol. The number of hydrogen-bond donors (Lipinski definition) is 0. The van der Waals surface area contributed by atoms with E-state index in [-0.39, 0.29) is 25.6 Å². The van der Waals surface area contributed by atoms with Crippen LogP contribution >= 0.6 is 0 Å². The average molecular weight is 416 g/mol. The number of amides is 1. The third kappa shape index (κ3) is 3.82. The van der Waals surface area contributed by atoms with Crippen molar-refractivity contribution < 1.29 is 22.7 Å². The van der Waals surface area contributed by atoms with Crippen molar-refractivity contribution in [2.75, 3.05) is 32.8 Å². The average Bonchev–Trinajstić information content (AvgIpc) is 2.72. The Morgan fingerprint density at radius 2 is 1.69 bits per heavy atom. The maximum Gasteiger partial charge on any atom is 0.267 e. The van der Waals surface area contributed by atoms with Gasteiger partial charge in [-0.25, -0.2) is 8.42 Å². The molecule has 0 N–H and O–H groups in total. The third-order valence-electron chi connectivity index (χ3n) is 5.28. The van der Waals surface area contributed by atoms with Gasteiger partial charge in [-0.2, -0.15) is 4.31 Å². The van der Waals surface area contributed by atoms with Crippen LogP contribution in [-0.4, -0.2) is 62.4 Å². The Hall–Kier alpha value is -2.58. The van der Waals surface area contributed by atoms with E-state index in [0.717, 1.165) is 11.1 Å². The van der Waals surface area contributed by atoms with Crippen molar-refractivity contribution >= 4 is 15.9 Å². The second kappa shape index (κ2) is 7.68. The summed E-state index contributed by atoms with van der Waals surface area (Å²) in [5.74, 6) is 0.997. The lowest BCUT2D eigenvalue weighted by molar-refractivity contribution is -0.142. The van der Waals surface area contributed by atoms with Gasteiger partial charge in [0.25, 0.3) is 5.91 Å². The monoisotopic (exact) mass is 416 g/mol. The van der Waals surface area contributed by atoms with Crippen LogP contribution < -0.4 is 9.47 Å². The number of hydrogen-bond acceptors (Lipinski definition) is 5.